The van der Waals surface area contributed by atoms with E-state index in [0.717, 1.165) is 55.6 Å². The summed E-state index contributed by atoms with van der Waals surface area (Å²) in [4.78, 5) is 15.1. The van der Waals surface area contributed by atoms with Crippen LogP contribution in [0.2, 0.25) is 0 Å². The molecule has 4 heteroatoms. The summed E-state index contributed by atoms with van der Waals surface area (Å²) in [5.74, 6) is 1.77. The fourth-order valence-electron chi connectivity index (χ4n) is 9.44. The molecule has 10 aromatic carbocycles. The maximum atomic E-state index is 10.3. The minimum Gasteiger partial charge on any atom is -0.208 e. The molecule has 0 amide bonds. The van der Waals surface area contributed by atoms with Crippen LogP contribution in [-0.4, -0.2) is 15.0 Å². The normalized spacial score (nSPS) is 11.4. The molecule has 0 aliphatic heterocycles. The average molecular weight is 813 g/mol. The molecule has 0 spiro atoms. The molecule has 1 aromatic heterocycles. The number of hydrogen-bond acceptors (Lipinski definition) is 4. The molecular formula is C60H36N4. The van der Waals surface area contributed by atoms with E-state index < -0.39 is 0 Å². The highest BCUT2D eigenvalue weighted by Gasteiger charge is 2.22. The van der Waals surface area contributed by atoms with Crippen molar-refractivity contribution in [1.29, 1.82) is 5.26 Å². The SMILES string of the molecule is N#Cc1ccc(-c2cccc(-c3ccc4c5c(cccc35)-c3ccccc3-4)c2)cc1-c1ccc(-c2nc(-c3ccccc3)nc(-c3cccc(-c4cccc5ccccc45)c3)n2)cc1. The molecule has 0 fully saturated rings. The molecule has 0 unspecified atom stereocenters. The van der Waals surface area contributed by atoms with Gasteiger partial charge in [0.25, 0.3) is 0 Å². The summed E-state index contributed by atoms with van der Waals surface area (Å²) in [5, 5.41) is 15.3. The Kier molecular flexibility index (Phi) is 8.84. The third kappa shape index (κ3) is 6.35. The molecule has 1 aliphatic carbocycles. The molecule has 4 nitrogen and oxygen atoms in total. The predicted molar refractivity (Wildman–Crippen MR) is 262 cm³/mol. The third-order valence-corrected chi connectivity index (χ3v) is 12.5. The van der Waals surface area contributed by atoms with Crippen LogP contribution in [0.1, 0.15) is 5.56 Å². The molecule has 64 heavy (non-hydrogen) atoms. The van der Waals surface area contributed by atoms with Crippen molar-refractivity contribution in [3.05, 3.63) is 224 Å². The summed E-state index contributed by atoms with van der Waals surface area (Å²) in [6, 6.07) is 78.7. The summed E-state index contributed by atoms with van der Waals surface area (Å²) in [5.41, 5.74) is 17.0. The highest BCUT2D eigenvalue weighted by molar-refractivity contribution is 6.18. The van der Waals surface area contributed by atoms with Crippen molar-refractivity contribution < 1.29 is 0 Å². The first kappa shape index (κ1) is 37.0. The van der Waals surface area contributed by atoms with Crippen molar-refractivity contribution in [2.24, 2.45) is 0 Å². The Morgan fingerprint density at radius 3 is 1.50 bits per heavy atom. The van der Waals surface area contributed by atoms with Crippen molar-refractivity contribution in [3.8, 4) is 107 Å². The van der Waals surface area contributed by atoms with Gasteiger partial charge in [-0.15, -0.1) is 0 Å². The van der Waals surface area contributed by atoms with Crippen LogP contribution in [0.5, 0.6) is 0 Å². The maximum Gasteiger partial charge on any atom is 0.164 e. The van der Waals surface area contributed by atoms with E-state index in [-0.39, 0.29) is 0 Å². The third-order valence-electron chi connectivity index (χ3n) is 12.5. The van der Waals surface area contributed by atoms with Crippen molar-refractivity contribution >= 4 is 21.5 Å². The lowest BCUT2D eigenvalue weighted by molar-refractivity contribution is 1.07. The monoisotopic (exact) mass is 812 g/mol. The molecule has 12 rings (SSSR count). The van der Waals surface area contributed by atoms with Gasteiger partial charge in [-0.1, -0.05) is 194 Å². The fourth-order valence-corrected chi connectivity index (χ4v) is 9.44. The second-order valence-corrected chi connectivity index (χ2v) is 16.2. The molecule has 296 valence electrons. The van der Waals surface area contributed by atoms with Crippen LogP contribution in [0.4, 0.5) is 0 Å². The maximum absolute atomic E-state index is 10.3. The second kappa shape index (κ2) is 15.3. The minimum absolute atomic E-state index is 0.573. The zero-order valence-corrected chi connectivity index (χ0v) is 34.6. The zero-order chi connectivity index (χ0) is 42.6. The lowest BCUT2D eigenvalue weighted by Gasteiger charge is -2.13. The van der Waals surface area contributed by atoms with E-state index in [1.807, 2.05) is 54.6 Å². The van der Waals surface area contributed by atoms with E-state index in [4.69, 9.17) is 15.0 Å². The van der Waals surface area contributed by atoms with Gasteiger partial charge in [0.15, 0.2) is 17.5 Å². The van der Waals surface area contributed by atoms with Gasteiger partial charge in [0.1, 0.15) is 0 Å². The Bertz CT molecular complexity index is 3640. The Morgan fingerprint density at radius 1 is 0.281 bits per heavy atom. The number of nitrogens with zero attached hydrogens (tertiary/aromatic N) is 4. The predicted octanol–water partition coefficient (Wildman–Crippen LogP) is 15.4. The average Bonchev–Trinajstić information content (AvgIpc) is 3.71. The molecule has 1 aliphatic rings. The summed E-state index contributed by atoms with van der Waals surface area (Å²) >= 11 is 0. The van der Waals surface area contributed by atoms with Crippen LogP contribution in [0.25, 0.3) is 122 Å². The van der Waals surface area contributed by atoms with Crippen molar-refractivity contribution in [1.82, 2.24) is 15.0 Å². The van der Waals surface area contributed by atoms with Crippen LogP contribution < -0.4 is 0 Å². The second-order valence-electron chi connectivity index (χ2n) is 16.2. The number of aromatic nitrogens is 3. The topological polar surface area (TPSA) is 62.5 Å². The number of rotatable bonds is 7. The lowest BCUT2D eigenvalue weighted by atomic mass is 9.91. The summed E-state index contributed by atoms with van der Waals surface area (Å²) < 4.78 is 0. The van der Waals surface area contributed by atoms with Crippen LogP contribution in [0.15, 0.2) is 218 Å². The zero-order valence-electron chi connectivity index (χ0n) is 34.6. The Morgan fingerprint density at radius 2 is 0.734 bits per heavy atom. The van der Waals surface area contributed by atoms with Crippen LogP contribution >= 0.6 is 0 Å². The van der Waals surface area contributed by atoms with Gasteiger partial charge < -0.3 is 0 Å². The molecule has 0 bridgehead atoms. The van der Waals surface area contributed by atoms with E-state index in [2.05, 4.69) is 170 Å². The first-order valence-corrected chi connectivity index (χ1v) is 21.5. The molecule has 0 atom stereocenters. The standard InChI is InChI=1S/C60H36N4/c61-37-47-31-30-43(42-16-8-17-44(34-42)50-32-33-55-52-22-7-6-21-51(52)54-25-11-24-53(50)57(54)55)36-56(47)39-26-28-41(29-27-39)59-62-58(40-13-2-1-3-14-40)63-60(64-59)46-19-9-18-45(35-46)49-23-10-15-38-12-4-5-20-48(38)49/h1-36H. The van der Waals surface area contributed by atoms with Gasteiger partial charge in [-0.2, -0.15) is 5.26 Å². The van der Waals surface area contributed by atoms with Gasteiger partial charge in [0, 0.05) is 22.3 Å². The van der Waals surface area contributed by atoms with E-state index in [0.29, 0.717) is 23.0 Å². The Hall–Kier alpha value is -8.78. The van der Waals surface area contributed by atoms with Crippen molar-refractivity contribution in [3.63, 3.8) is 0 Å². The highest BCUT2D eigenvalue weighted by atomic mass is 15.0. The minimum atomic E-state index is 0.573. The van der Waals surface area contributed by atoms with Crippen molar-refractivity contribution in [2.75, 3.05) is 0 Å². The molecule has 0 N–H and O–H groups in total. The fraction of sp³-hybridized carbons (Fsp3) is 0. The van der Waals surface area contributed by atoms with Crippen LogP contribution in [0, 0.1) is 11.3 Å². The summed E-state index contributed by atoms with van der Waals surface area (Å²) in [6.45, 7) is 0. The van der Waals surface area contributed by atoms with E-state index in [1.165, 1.54) is 49.4 Å². The van der Waals surface area contributed by atoms with Crippen LogP contribution in [0.3, 0.4) is 0 Å². The summed E-state index contributed by atoms with van der Waals surface area (Å²) in [6.07, 6.45) is 0. The number of fused-ring (bicyclic) bond motifs is 4. The smallest absolute Gasteiger partial charge is 0.164 e. The molecular weight excluding hydrogens is 777 g/mol. The van der Waals surface area contributed by atoms with E-state index in [9.17, 15) is 5.26 Å². The molecule has 0 saturated carbocycles. The molecule has 0 radical (unpaired) electrons. The van der Waals surface area contributed by atoms with Gasteiger partial charge in [0.05, 0.1) is 11.6 Å². The van der Waals surface area contributed by atoms with Gasteiger partial charge >= 0.3 is 0 Å². The largest absolute Gasteiger partial charge is 0.208 e. The molecule has 1 heterocycles. The first-order chi connectivity index (χ1) is 31.7. The number of hydrogen-bond donors (Lipinski definition) is 0. The van der Waals surface area contributed by atoms with Gasteiger partial charge in [-0.05, 0) is 107 Å². The quantitative estimate of drug-likeness (QED) is 0.161. The van der Waals surface area contributed by atoms with E-state index >= 15 is 0 Å². The van der Waals surface area contributed by atoms with Gasteiger partial charge in [-0.3, -0.25) is 0 Å². The summed E-state index contributed by atoms with van der Waals surface area (Å²) in [7, 11) is 0. The first-order valence-electron chi connectivity index (χ1n) is 21.5. The molecule has 0 saturated heterocycles. The van der Waals surface area contributed by atoms with E-state index in [1.54, 1.807) is 0 Å². The van der Waals surface area contributed by atoms with Crippen LogP contribution in [-0.2, 0) is 0 Å². The van der Waals surface area contributed by atoms with Crippen molar-refractivity contribution in [2.45, 2.75) is 0 Å². The number of nitriles is 1. The molecule has 11 aromatic rings. The van der Waals surface area contributed by atoms with Gasteiger partial charge in [0.2, 0.25) is 0 Å². The number of benzene rings is 10. The Balaban J connectivity index is 0.899. The lowest BCUT2D eigenvalue weighted by Crippen LogP contribution is -2.00. The van der Waals surface area contributed by atoms with Gasteiger partial charge in [-0.25, -0.2) is 15.0 Å². The highest BCUT2D eigenvalue weighted by Crippen LogP contribution is 2.49. The Labute approximate surface area is 371 Å².